The number of thiophene rings is 1. The zero-order chi connectivity index (χ0) is 19.3. The fourth-order valence-electron chi connectivity index (χ4n) is 4.18. The van der Waals surface area contributed by atoms with Crippen LogP contribution in [0.25, 0.3) is 21.3 Å². The number of aryl methyl sites for hydroxylation is 3. The van der Waals surface area contributed by atoms with Crippen molar-refractivity contribution in [1.29, 1.82) is 0 Å². The highest BCUT2D eigenvalue weighted by molar-refractivity contribution is 7.18. The SMILES string of the molecule is CCn1c(NCc2nc3ccccc3n2C)nc2sc3c(c2c1=O)CCCC3. The molecule has 0 unspecified atom stereocenters. The van der Waals surface area contributed by atoms with Gasteiger partial charge in [-0.25, -0.2) is 9.97 Å². The van der Waals surface area contributed by atoms with Gasteiger partial charge in [0.05, 0.1) is 23.0 Å². The highest BCUT2D eigenvalue weighted by Gasteiger charge is 2.21. The summed E-state index contributed by atoms with van der Waals surface area (Å²) < 4.78 is 3.84. The van der Waals surface area contributed by atoms with E-state index in [4.69, 9.17) is 9.97 Å². The van der Waals surface area contributed by atoms with Crippen LogP contribution < -0.4 is 10.9 Å². The smallest absolute Gasteiger partial charge is 0.263 e. The van der Waals surface area contributed by atoms with Crippen molar-refractivity contribution in [3.8, 4) is 0 Å². The summed E-state index contributed by atoms with van der Waals surface area (Å²) >= 11 is 1.69. The van der Waals surface area contributed by atoms with Gasteiger partial charge in [0.15, 0.2) is 0 Å². The van der Waals surface area contributed by atoms with Gasteiger partial charge in [-0.2, -0.15) is 0 Å². The molecule has 1 N–H and O–H groups in total. The van der Waals surface area contributed by atoms with Crippen molar-refractivity contribution in [3.05, 3.63) is 50.9 Å². The molecule has 7 heteroatoms. The van der Waals surface area contributed by atoms with Gasteiger partial charge < -0.3 is 9.88 Å². The molecule has 0 spiro atoms. The van der Waals surface area contributed by atoms with Gasteiger partial charge in [-0.1, -0.05) is 12.1 Å². The molecule has 0 saturated heterocycles. The summed E-state index contributed by atoms with van der Waals surface area (Å²) in [6.45, 7) is 3.11. The number of rotatable bonds is 4. The van der Waals surface area contributed by atoms with Crippen molar-refractivity contribution in [2.75, 3.05) is 5.32 Å². The maximum absolute atomic E-state index is 13.2. The molecule has 3 aromatic heterocycles. The molecule has 28 heavy (non-hydrogen) atoms. The summed E-state index contributed by atoms with van der Waals surface area (Å²) in [4.78, 5) is 25.0. The van der Waals surface area contributed by atoms with Crippen LogP contribution in [0.15, 0.2) is 29.1 Å². The van der Waals surface area contributed by atoms with Crippen molar-refractivity contribution >= 4 is 38.5 Å². The average Bonchev–Trinajstić information content (AvgIpc) is 3.24. The third kappa shape index (κ3) is 2.64. The van der Waals surface area contributed by atoms with E-state index in [1.54, 1.807) is 15.9 Å². The summed E-state index contributed by atoms with van der Waals surface area (Å²) in [5, 5.41) is 4.21. The number of hydrogen-bond donors (Lipinski definition) is 1. The molecule has 6 nitrogen and oxygen atoms in total. The number of nitrogens with one attached hydrogen (secondary N) is 1. The van der Waals surface area contributed by atoms with Gasteiger partial charge in [0.2, 0.25) is 5.95 Å². The number of benzene rings is 1. The van der Waals surface area contributed by atoms with Crippen LogP contribution >= 0.6 is 11.3 Å². The molecule has 0 saturated carbocycles. The monoisotopic (exact) mass is 393 g/mol. The lowest BCUT2D eigenvalue weighted by Crippen LogP contribution is -2.25. The van der Waals surface area contributed by atoms with Crippen LogP contribution in [-0.2, 0) is 33.0 Å². The molecule has 0 radical (unpaired) electrons. The number of anilines is 1. The van der Waals surface area contributed by atoms with Crippen LogP contribution in [0.4, 0.5) is 5.95 Å². The third-order valence-corrected chi connectivity index (χ3v) is 6.86. The van der Waals surface area contributed by atoms with Crippen molar-refractivity contribution in [2.45, 2.75) is 45.7 Å². The van der Waals surface area contributed by atoms with Crippen LogP contribution in [0, 0.1) is 0 Å². The first-order chi connectivity index (χ1) is 13.7. The van der Waals surface area contributed by atoms with E-state index in [2.05, 4.69) is 16.0 Å². The van der Waals surface area contributed by atoms with E-state index < -0.39 is 0 Å². The second-order valence-electron chi connectivity index (χ2n) is 7.31. The molecular formula is C21H23N5OS. The normalized spacial score (nSPS) is 13.9. The van der Waals surface area contributed by atoms with Crippen LogP contribution in [0.2, 0.25) is 0 Å². The van der Waals surface area contributed by atoms with Crippen LogP contribution in [0.3, 0.4) is 0 Å². The molecule has 5 rings (SSSR count). The molecule has 0 fully saturated rings. The van der Waals surface area contributed by atoms with Crippen LogP contribution in [-0.4, -0.2) is 19.1 Å². The summed E-state index contributed by atoms with van der Waals surface area (Å²) in [7, 11) is 2.02. The Morgan fingerprint density at radius 1 is 1.18 bits per heavy atom. The predicted molar refractivity (Wildman–Crippen MR) is 114 cm³/mol. The van der Waals surface area contributed by atoms with E-state index in [9.17, 15) is 4.79 Å². The second-order valence-corrected chi connectivity index (χ2v) is 8.39. The van der Waals surface area contributed by atoms with E-state index >= 15 is 0 Å². The molecule has 1 aliphatic rings. The van der Waals surface area contributed by atoms with Gasteiger partial charge in [0, 0.05) is 18.5 Å². The second kappa shape index (κ2) is 6.74. The molecule has 144 valence electrons. The first-order valence-electron chi connectivity index (χ1n) is 9.86. The molecule has 4 aromatic rings. The number of fused-ring (bicyclic) bond motifs is 4. The average molecular weight is 394 g/mol. The van der Waals surface area contributed by atoms with Gasteiger partial charge >= 0.3 is 0 Å². The highest BCUT2D eigenvalue weighted by Crippen LogP contribution is 2.34. The Hall–Kier alpha value is -2.67. The molecule has 0 aliphatic heterocycles. The van der Waals surface area contributed by atoms with Crippen LogP contribution in [0.1, 0.15) is 36.0 Å². The Bertz CT molecular complexity index is 1250. The topological polar surface area (TPSA) is 64.7 Å². The van der Waals surface area contributed by atoms with Crippen molar-refractivity contribution in [2.24, 2.45) is 7.05 Å². The Labute approximate surface area is 166 Å². The Kier molecular flexibility index (Phi) is 4.19. The predicted octanol–water partition coefficient (Wildman–Crippen LogP) is 3.86. The first kappa shape index (κ1) is 17.4. The van der Waals surface area contributed by atoms with E-state index in [-0.39, 0.29) is 5.56 Å². The maximum Gasteiger partial charge on any atom is 0.263 e. The zero-order valence-corrected chi connectivity index (χ0v) is 17.0. The van der Waals surface area contributed by atoms with Gasteiger partial charge in [-0.15, -0.1) is 11.3 Å². The molecule has 0 amide bonds. The minimum absolute atomic E-state index is 0.0828. The molecular weight excluding hydrogens is 370 g/mol. The van der Waals surface area contributed by atoms with Crippen molar-refractivity contribution < 1.29 is 0 Å². The fraction of sp³-hybridized carbons (Fsp3) is 0.381. The third-order valence-electron chi connectivity index (χ3n) is 5.68. The minimum atomic E-state index is 0.0828. The lowest BCUT2D eigenvalue weighted by atomic mass is 9.97. The van der Waals surface area contributed by atoms with E-state index in [0.717, 1.165) is 46.3 Å². The number of hydrogen-bond acceptors (Lipinski definition) is 5. The quantitative estimate of drug-likeness (QED) is 0.572. The first-order valence-corrected chi connectivity index (χ1v) is 10.7. The van der Waals surface area contributed by atoms with Gasteiger partial charge in [0.25, 0.3) is 5.56 Å². The van der Waals surface area contributed by atoms with E-state index in [1.807, 2.05) is 32.2 Å². The molecule has 1 aromatic carbocycles. The van der Waals surface area contributed by atoms with Crippen LogP contribution in [0.5, 0.6) is 0 Å². The standard InChI is InChI=1S/C21H23N5OS/c1-3-26-20(27)18-13-8-4-7-11-16(13)28-19(18)24-21(26)22-12-17-23-14-9-5-6-10-15(14)25(17)2/h5-6,9-10H,3-4,7-8,11-12H2,1-2H3,(H,22,24). The summed E-state index contributed by atoms with van der Waals surface area (Å²) in [6.07, 6.45) is 4.45. The van der Waals surface area contributed by atoms with Gasteiger partial charge in [-0.3, -0.25) is 9.36 Å². The van der Waals surface area contributed by atoms with Crippen molar-refractivity contribution in [3.63, 3.8) is 0 Å². The molecule has 3 heterocycles. The Morgan fingerprint density at radius 2 is 2.00 bits per heavy atom. The minimum Gasteiger partial charge on any atom is -0.348 e. The highest BCUT2D eigenvalue weighted by atomic mass is 32.1. The largest absolute Gasteiger partial charge is 0.348 e. The van der Waals surface area contributed by atoms with Gasteiger partial charge in [-0.05, 0) is 50.3 Å². The summed E-state index contributed by atoms with van der Waals surface area (Å²) in [5.74, 6) is 1.55. The fourth-order valence-corrected chi connectivity index (χ4v) is 5.43. The summed E-state index contributed by atoms with van der Waals surface area (Å²) in [6, 6.07) is 8.09. The number of nitrogens with zero attached hydrogens (tertiary/aromatic N) is 4. The molecule has 0 atom stereocenters. The number of aromatic nitrogens is 4. The molecule has 0 bridgehead atoms. The van der Waals surface area contributed by atoms with E-state index in [1.165, 1.54) is 16.9 Å². The Morgan fingerprint density at radius 3 is 2.82 bits per heavy atom. The van der Waals surface area contributed by atoms with Gasteiger partial charge in [0.1, 0.15) is 10.7 Å². The zero-order valence-electron chi connectivity index (χ0n) is 16.2. The number of imidazole rings is 1. The lowest BCUT2D eigenvalue weighted by molar-refractivity contribution is 0.694. The maximum atomic E-state index is 13.2. The number of para-hydroxylation sites is 2. The van der Waals surface area contributed by atoms with Crippen molar-refractivity contribution in [1.82, 2.24) is 19.1 Å². The van der Waals surface area contributed by atoms with E-state index in [0.29, 0.717) is 19.0 Å². The molecule has 1 aliphatic carbocycles. The Balaban J connectivity index is 1.55. The summed E-state index contributed by atoms with van der Waals surface area (Å²) in [5.41, 5.74) is 3.40. The lowest BCUT2D eigenvalue weighted by Gasteiger charge is -2.13.